The number of carbonyl (C=O) groups excluding carboxylic acids is 1. The number of halogens is 1. The topological polar surface area (TPSA) is 26.3 Å². The average molecular weight is 251 g/mol. The summed E-state index contributed by atoms with van der Waals surface area (Å²) < 4.78 is 5.21. The number of hydrogen-bond acceptors (Lipinski definition) is 2. The van der Waals surface area contributed by atoms with Gasteiger partial charge in [0, 0.05) is 0 Å². The van der Waals surface area contributed by atoms with Crippen molar-refractivity contribution in [2.24, 2.45) is 5.92 Å². The van der Waals surface area contributed by atoms with Crippen LogP contribution in [0, 0.1) is 5.92 Å². The number of alkyl halides is 1. The van der Waals surface area contributed by atoms with Gasteiger partial charge in [-0.3, -0.25) is 4.79 Å². The Labute approximate surface area is 89.2 Å². The summed E-state index contributed by atoms with van der Waals surface area (Å²) in [5.41, 5.74) is -0.389. The van der Waals surface area contributed by atoms with Gasteiger partial charge in [-0.05, 0) is 33.1 Å². The monoisotopic (exact) mass is 250 g/mol. The highest BCUT2D eigenvalue weighted by Crippen LogP contribution is 2.17. The molecule has 0 aliphatic heterocycles. The molecule has 13 heavy (non-hydrogen) atoms. The van der Waals surface area contributed by atoms with Gasteiger partial charge in [-0.2, -0.15) is 0 Å². The fourth-order valence-electron chi connectivity index (χ4n) is 0.876. The third-order valence-corrected chi connectivity index (χ3v) is 2.09. The largest absolute Gasteiger partial charge is 0.459 e. The van der Waals surface area contributed by atoms with Gasteiger partial charge >= 0.3 is 5.97 Å². The summed E-state index contributed by atoms with van der Waals surface area (Å²) in [6.45, 7) is 9.79. The van der Waals surface area contributed by atoms with E-state index in [9.17, 15) is 4.79 Å². The van der Waals surface area contributed by atoms with E-state index < -0.39 is 0 Å². The minimum Gasteiger partial charge on any atom is -0.459 e. The van der Waals surface area contributed by atoms with Crippen molar-refractivity contribution in [2.45, 2.75) is 51.5 Å². The van der Waals surface area contributed by atoms with Gasteiger partial charge in [-0.15, -0.1) is 0 Å². The summed E-state index contributed by atoms with van der Waals surface area (Å²) in [6, 6.07) is 0. The average Bonchev–Trinajstić information content (AvgIpc) is 1.81. The minimum atomic E-state index is -0.389. The molecule has 0 amide bonds. The molecule has 0 aromatic rings. The van der Waals surface area contributed by atoms with Crippen LogP contribution in [0.4, 0.5) is 0 Å². The van der Waals surface area contributed by atoms with E-state index in [-0.39, 0.29) is 16.4 Å². The molecule has 0 spiro atoms. The van der Waals surface area contributed by atoms with Gasteiger partial charge in [0.25, 0.3) is 0 Å². The summed E-state index contributed by atoms with van der Waals surface area (Å²) in [5, 5.41) is 0. The quantitative estimate of drug-likeness (QED) is 0.569. The van der Waals surface area contributed by atoms with Crippen molar-refractivity contribution >= 4 is 21.9 Å². The van der Waals surface area contributed by atoms with E-state index in [0.717, 1.165) is 6.42 Å². The van der Waals surface area contributed by atoms with E-state index in [0.29, 0.717) is 5.92 Å². The summed E-state index contributed by atoms with van der Waals surface area (Å²) in [6.07, 6.45) is 0.814. The van der Waals surface area contributed by atoms with Crippen LogP contribution in [0.25, 0.3) is 0 Å². The van der Waals surface area contributed by atoms with Crippen LogP contribution in [0.5, 0.6) is 0 Å². The molecule has 0 aromatic heterocycles. The lowest BCUT2D eigenvalue weighted by atomic mass is 10.1. The maximum atomic E-state index is 11.4. The second-order valence-corrected chi connectivity index (χ2v) is 5.74. The second-order valence-electron chi connectivity index (χ2n) is 4.63. The molecule has 2 nitrogen and oxygen atoms in total. The van der Waals surface area contributed by atoms with E-state index in [2.05, 4.69) is 29.8 Å². The van der Waals surface area contributed by atoms with Crippen LogP contribution in [-0.2, 0) is 9.53 Å². The van der Waals surface area contributed by atoms with Crippen molar-refractivity contribution in [3.63, 3.8) is 0 Å². The third-order valence-electron chi connectivity index (χ3n) is 1.34. The van der Waals surface area contributed by atoms with Crippen molar-refractivity contribution < 1.29 is 9.53 Å². The number of carbonyl (C=O) groups is 1. The molecule has 0 heterocycles. The Bertz CT molecular complexity index is 170. The number of hydrogen-bond donors (Lipinski definition) is 0. The fourth-order valence-corrected chi connectivity index (χ4v) is 1.72. The first-order valence-electron chi connectivity index (χ1n) is 4.59. The van der Waals surface area contributed by atoms with Crippen molar-refractivity contribution in [2.75, 3.05) is 0 Å². The molecular weight excluding hydrogens is 232 g/mol. The van der Waals surface area contributed by atoms with Crippen molar-refractivity contribution in [1.82, 2.24) is 0 Å². The van der Waals surface area contributed by atoms with E-state index >= 15 is 0 Å². The molecule has 78 valence electrons. The maximum Gasteiger partial charge on any atom is 0.320 e. The molecular formula is C10H19BrO2. The lowest BCUT2D eigenvalue weighted by Gasteiger charge is -2.22. The van der Waals surface area contributed by atoms with Crippen LogP contribution in [-0.4, -0.2) is 16.4 Å². The van der Waals surface area contributed by atoms with Crippen LogP contribution in [0.2, 0.25) is 0 Å². The smallest absolute Gasteiger partial charge is 0.320 e. The van der Waals surface area contributed by atoms with Crippen LogP contribution in [0.3, 0.4) is 0 Å². The first kappa shape index (κ1) is 12.9. The molecule has 1 atom stereocenters. The third kappa shape index (κ3) is 7.05. The minimum absolute atomic E-state index is 0.166. The molecule has 0 aliphatic rings. The normalized spacial score (nSPS) is 14.4. The molecule has 0 radical (unpaired) electrons. The lowest BCUT2D eigenvalue weighted by molar-refractivity contribution is -0.154. The molecule has 0 saturated heterocycles. The van der Waals surface area contributed by atoms with Gasteiger partial charge in [-0.25, -0.2) is 0 Å². The number of ether oxygens (including phenoxy) is 1. The lowest BCUT2D eigenvalue weighted by Crippen LogP contribution is -2.29. The van der Waals surface area contributed by atoms with Crippen molar-refractivity contribution in [3.8, 4) is 0 Å². The summed E-state index contributed by atoms with van der Waals surface area (Å²) in [5.74, 6) is 0.332. The van der Waals surface area contributed by atoms with E-state index in [4.69, 9.17) is 4.74 Å². The van der Waals surface area contributed by atoms with Crippen molar-refractivity contribution in [1.29, 1.82) is 0 Å². The molecule has 0 fully saturated rings. The molecule has 0 aliphatic carbocycles. The zero-order valence-electron chi connectivity index (χ0n) is 9.06. The highest BCUT2D eigenvalue weighted by Gasteiger charge is 2.23. The zero-order valence-corrected chi connectivity index (χ0v) is 10.6. The van der Waals surface area contributed by atoms with Crippen LogP contribution < -0.4 is 0 Å². The number of rotatable bonds is 3. The Hall–Kier alpha value is -0.0500. The first-order valence-corrected chi connectivity index (χ1v) is 5.51. The Morgan fingerprint density at radius 3 is 2.15 bits per heavy atom. The van der Waals surface area contributed by atoms with Gasteiger partial charge in [0.05, 0.1) is 0 Å². The molecule has 0 aromatic carbocycles. The van der Waals surface area contributed by atoms with E-state index in [1.54, 1.807) is 0 Å². The first-order chi connectivity index (χ1) is 5.72. The van der Waals surface area contributed by atoms with Gasteiger partial charge in [0.2, 0.25) is 0 Å². The maximum absolute atomic E-state index is 11.4. The Kier molecular flexibility index (Phi) is 4.97. The highest BCUT2D eigenvalue weighted by atomic mass is 79.9. The summed E-state index contributed by atoms with van der Waals surface area (Å²) >= 11 is 3.32. The van der Waals surface area contributed by atoms with Crippen LogP contribution in [0.15, 0.2) is 0 Å². The number of esters is 1. The van der Waals surface area contributed by atoms with Gasteiger partial charge in [-0.1, -0.05) is 29.8 Å². The predicted octanol–water partition coefficient (Wildman–Crippen LogP) is 3.14. The standard InChI is InChI=1S/C10H19BrO2/c1-7(2)6-8(11)9(12)13-10(3,4)5/h7-8H,6H2,1-5H3. The van der Waals surface area contributed by atoms with Gasteiger partial charge < -0.3 is 4.74 Å². The molecule has 1 unspecified atom stereocenters. The molecule has 0 bridgehead atoms. The SMILES string of the molecule is CC(C)CC(Br)C(=O)OC(C)(C)C. The Morgan fingerprint density at radius 2 is 1.85 bits per heavy atom. The second kappa shape index (κ2) is 4.99. The zero-order chi connectivity index (χ0) is 10.6. The van der Waals surface area contributed by atoms with Crippen LogP contribution >= 0.6 is 15.9 Å². The van der Waals surface area contributed by atoms with Gasteiger partial charge in [0.15, 0.2) is 0 Å². The summed E-state index contributed by atoms with van der Waals surface area (Å²) in [4.78, 5) is 11.3. The van der Waals surface area contributed by atoms with E-state index in [1.165, 1.54) is 0 Å². The Morgan fingerprint density at radius 1 is 1.38 bits per heavy atom. The van der Waals surface area contributed by atoms with Crippen molar-refractivity contribution in [3.05, 3.63) is 0 Å². The highest BCUT2D eigenvalue weighted by molar-refractivity contribution is 9.10. The fraction of sp³-hybridized carbons (Fsp3) is 0.900. The Balaban J connectivity index is 3.97. The summed E-state index contributed by atoms with van der Waals surface area (Å²) in [7, 11) is 0. The van der Waals surface area contributed by atoms with Crippen LogP contribution in [0.1, 0.15) is 41.0 Å². The van der Waals surface area contributed by atoms with Gasteiger partial charge in [0.1, 0.15) is 10.4 Å². The predicted molar refractivity (Wildman–Crippen MR) is 58.0 cm³/mol. The van der Waals surface area contributed by atoms with E-state index in [1.807, 2.05) is 20.8 Å². The molecule has 0 rings (SSSR count). The molecule has 0 N–H and O–H groups in total. The molecule has 3 heteroatoms. The molecule has 0 saturated carbocycles.